The van der Waals surface area contributed by atoms with E-state index in [0.717, 1.165) is 31.8 Å². The Bertz CT molecular complexity index is 528. The third-order valence-electron chi connectivity index (χ3n) is 3.23. The Morgan fingerprint density at radius 2 is 1.90 bits per heavy atom. The monoisotopic (exact) mass is 300 g/mol. The van der Waals surface area contributed by atoms with Crippen LogP contribution in [0.25, 0.3) is 0 Å². The fraction of sp³-hybridized carbons (Fsp3) is 0.571. The average Bonchev–Trinajstić information content (AvgIpc) is 2.37. The second-order valence-electron chi connectivity index (χ2n) is 4.86. The topological polar surface area (TPSA) is 88.5 Å². The van der Waals surface area contributed by atoms with Crippen LogP contribution < -0.4 is 0 Å². The van der Waals surface area contributed by atoms with E-state index in [0.29, 0.717) is 6.42 Å². The van der Waals surface area contributed by atoms with E-state index in [9.17, 15) is 18.0 Å². The highest BCUT2D eigenvalue weighted by Crippen LogP contribution is 2.21. The van der Waals surface area contributed by atoms with Crippen molar-refractivity contribution in [1.29, 1.82) is 0 Å². The smallest absolute Gasteiger partial charge is 0.298 e. The predicted octanol–water partition coefficient (Wildman–Crippen LogP) is 2.44. The van der Waals surface area contributed by atoms with E-state index < -0.39 is 26.7 Å². The third-order valence-corrected chi connectivity index (χ3v) is 4.12. The Hall–Kier alpha value is -1.27. The number of hydrogen-bond acceptors (Lipinski definition) is 4. The maximum absolute atomic E-state index is 11.9. The molecule has 0 bridgehead atoms. The molecule has 0 heterocycles. The van der Waals surface area contributed by atoms with Crippen molar-refractivity contribution < 1.29 is 22.6 Å². The maximum atomic E-state index is 11.9. The Morgan fingerprint density at radius 1 is 1.25 bits per heavy atom. The molecule has 1 rings (SSSR count). The van der Waals surface area contributed by atoms with Gasteiger partial charge < -0.3 is 0 Å². The van der Waals surface area contributed by atoms with Gasteiger partial charge in [0.25, 0.3) is 10.1 Å². The quantitative estimate of drug-likeness (QED) is 0.422. The van der Waals surface area contributed by atoms with Gasteiger partial charge in [0.2, 0.25) is 0 Å². The molecule has 112 valence electrons. The number of carbonyl (C=O) groups is 2. The first-order valence-electron chi connectivity index (χ1n) is 6.80. The molecule has 0 aromatic rings. The number of ketones is 2. The fourth-order valence-corrected chi connectivity index (χ4v) is 2.73. The summed E-state index contributed by atoms with van der Waals surface area (Å²) in [6, 6.07) is 0. The molecule has 1 N–H and O–H groups in total. The highest BCUT2D eigenvalue weighted by molar-refractivity contribution is 7.90. The molecule has 0 aromatic heterocycles. The second kappa shape index (κ2) is 7.50. The summed E-state index contributed by atoms with van der Waals surface area (Å²) < 4.78 is 31.0. The molecule has 5 nitrogen and oxygen atoms in total. The van der Waals surface area contributed by atoms with Crippen molar-refractivity contribution >= 4 is 21.7 Å². The number of hydrogen-bond donors (Lipinski definition) is 1. The minimum absolute atomic E-state index is 0.253. The summed E-state index contributed by atoms with van der Waals surface area (Å²) in [5, 5.41) is 0. The SMILES string of the molecule is CCCCCCCC(=O)C1C=CC=C(S(=O)(=O)O)C1=O. The van der Waals surface area contributed by atoms with Gasteiger partial charge >= 0.3 is 0 Å². The molecule has 0 amide bonds. The zero-order valence-electron chi connectivity index (χ0n) is 11.5. The lowest BCUT2D eigenvalue weighted by Crippen LogP contribution is -2.28. The second-order valence-corrected chi connectivity index (χ2v) is 6.25. The molecule has 0 fully saturated rings. The highest BCUT2D eigenvalue weighted by Gasteiger charge is 2.33. The van der Waals surface area contributed by atoms with Crippen LogP contribution >= 0.6 is 0 Å². The Morgan fingerprint density at radius 3 is 2.50 bits per heavy atom. The number of carbonyl (C=O) groups excluding carboxylic acids is 2. The largest absolute Gasteiger partial charge is 0.299 e. The molecule has 0 saturated heterocycles. The molecule has 0 aliphatic heterocycles. The van der Waals surface area contributed by atoms with Gasteiger partial charge in [-0.05, 0) is 12.5 Å². The Labute approximate surface area is 119 Å². The van der Waals surface area contributed by atoms with E-state index in [1.54, 1.807) is 0 Å². The molecule has 0 saturated carbocycles. The first-order chi connectivity index (χ1) is 9.38. The molecule has 0 aromatic carbocycles. The number of rotatable bonds is 8. The lowest BCUT2D eigenvalue weighted by atomic mass is 9.91. The van der Waals surface area contributed by atoms with Crippen LogP contribution in [0, 0.1) is 5.92 Å². The molecule has 20 heavy (non-hydrogen) atoms. The fourth-order valence-electron chi connectivity index (χ4n) is 2.10. The van der Waals surface area contributed by atoms with Crippen LogP contribution in [0.5, 0.6) is 0 Å². The summed E-state index contributed by atoms with van der Waals surface area (Å²) in [6.07, 6.45) is 8.87. The lowest BCUT2D eigenvalue weighted by molar-refractivity contribution is -0.128. The van der Waals surface area contributed by atoms with Gasteiger partial charge in [-0.3, -0.25) is 14.1 Å². The van der Waals surface area contributed by atoms with Crippen LogP contribution in [-0.2, 0) is 19.7 Å². The summed E-state index contributed by atoms with van der Waals surface area (Å²) in [5.41, 5.74) is 0. The predicted molar refractivity (Wildman–Crippen MR) is 75.7 cm³/mol. The number of allylic oxidation sites excluding steroid dienone is 4. The summed E-state index contributed by atoms with van der Waals surface area (Å²) in [4.78, 5) is 23.1. The number of unbranched alkanes of at least 4 members (excludes halogenated alkanes) is 4. The van der Waals surface area contributed by atoms with Gasteiger partial charge in [-0.2, -0.15) is 8.42 Å². The third kappa shape index (κ3) is 4.68. The minimum atomic E-state index is -4.57. The van der Waals surface area contributed by atoms with Crippen LogP contribution in [0.4, 0.5) is 0 Å². The van der Waals surface area contributed by atoms with E-state index in [2.05, 4.69) is 6.92 Å². The van der Waals surface area contributed by atoms with Crippen LogP contribution in [-0.4, -0.2) is 24.5 Å². The normalized spacial score (nSPS) is 19.0. The van der Waals surface area contributed by atoms with E-state index in [1.807, 2.05) is 0 Å². The van der Waals surface area contributed by atoms with Gasteiger partial charge in [0.15, 0.2) is 5.78 Å². The van der Waals surface area contributed by atoms with Gasteiger partial charge in [-0.1, -0.05) is 44.8 Å². The van der Waals surface area contributed by atoms with Crippen molar-refractivity contribution in [2.24, 2.45) is 5.92 Å². The molecule has 0 spiro atoms. The summed E-state index contributed by atoms with van der Waals surface area (Å²) >= 11 is 0. The van der Waals surface area contributed by atoms with Crippen molar-refractivity contribution in [3.8, 4) is 0 Å². The average molecular weight is 300 g/mol. The highest BCUT2D eigenvalue weighted by atomic mass is 32.2. The van der Waals surface area contributed by atoms with E-state index in [1.165, 1.54) is 12.2 Å². The molecule has 0 radical (unpaired) electrons. The Kier molecular flexibility index (Phi) is 6.29. The van der Waals surface area contributed by atoms with Gasteiger partial charge in [-0.25, -0.2) is 0 Å². The van der Waals surface area contributed by atoms with Crippen LogP contribution in [0.15, 0.2) is 23.1 Å². The molecular weight excluding hydrogens is 280 g/mol. The van der Waals surface area contributed by atoms with Crippen molar-refractivity contribution in [3.05, 3.63) is 23.1 Å². The van der Waals surface area contributed by atoms with Crippen LogP contribution in [0.2, 0.25) is 0 Å². The van der Waals surface area contributed by atoms with Crippen LogP contribution in [0.1, 0.15) is 45.4 Å². The minimum Gasteiger partial charge on any atom is -0.299 e. The molecule has 1 aliphatic rings. The first kappa shape index (κ1) is 16.8. The van der Waals surface area contributed by atoms with Crippen molar-refractivity contribution in [1.82, 2.24) is 0 Å². The van der Waals surface area contributed by atoms with Crippen molar-refractivity contribution in [3.63, 3.8) is 0 Å². The zero-order chi connectivity index (χ0) is 15.2. The van der Waals surface area contributed by atoms with Gasteiger partial charge in [0.05, 0.1) is 0 Å². The summed E-state index contributed by atoms with van der Waals surface area (Å²) in [5.74, 6) is -2.21. The number of Topliss-reactive ketones (excluding diaryl/α,β-unsaturated/α-hetero) is 2. The maximum Gasteiger partial charge on any atom is 0.298 e. The summed E-state index contributed by atoms with van der Waals surface area (Å²) in [6.45, 7) is 2.10. The first-order valence-corrected chi connectivity index (χ1v) is 8.25. The van der Waals surface area contributed by atoms with Gasteiger partial charge in [-0.15, -0.1) is 0 Å². The van der Waals surface area contributed by atoms with Crippen LogP contribution in [0.3, 0.4) is 0 Å². The van der Waals surface area contributed by atoms with Gasteiger partial charge in [0.1, 0.15) is 16.6 Å². The standard InChI is InChI=1S/C14H20O5S/c1-2-3-4-5-6-9-12(15)11-8-7-10-13(14(11)16)20(17,18)19/h7-8,10-11H,2-6,9H2,1H3,(H,17,18,19). The van der Waals surface area contributed by atoms with Gasteiger partial charge in [0, 0.05) is 6.42 Å². The lowest BCUT2D eigenvalue weighted by Gasteiger charge is -2.14. The zero-order valence-corrected chi connectivity index (χ0v) is 12.4. The molecule has 1 unspecified atom stereocenters. The van der Waals surface area contributed by atoms with E-state index in [4.69, 9.17) is 4.55 Å². The van der Waals surface area contributed by atoms with E-state index >= 15 is 0 Å². The van der Waals surface area contributed by atoms with Crippen molar-refractivity contribution in [2.75, 3.05) is 0 Å². The molecule has 1 aliphatic carbocycles. The molecule has 6 heteroatoms. The summed E-state index contributed by atoms with van der Waals surface area (Å²) in [7, 11) is -4.57. The molecule has 1 atom stereocenters. The van der Waals surface area contributed by atoms with E-state index in [-0.39, 0.29) is 12.2 Å². The van der Waals surface area contributed by atoms with Crippen molar-refractivity contribution in [2.45, 2.75) is 45.4 Å². The Balaban J connectivity index is 2.57. The molecular formula is C14H20O5S.